The Labute approximate surface area is 213 Å². The molecule has 0 radical (unpaired) electrons. The third-order valence-corrected chi connectivity index (χ3v) is 6.58. The maximum atomic E-state index is 14.3. The van der Waals surface area contributed by atoms with Gasteiger partial charge in [-0.3, -0.25) is 0 Å². The number of hydrogen-bond acceptors (Lipinski definition) is 0. The van der Waals surface area contributed by atoms with E-state index in [4.69, 9.17) is 0 Å². The Morgan fingerprint density at radius 3 is 1.89 bits per heavy atom. The molecule has 0 bridgehead atoms. The Morgan fingerprint density at radius 2 is 1.22 bits per heavy atom. The monoisotopic (exact) mass is 496 g/mol. The second-order valence-electron chi connectivity index (χ2n) is 9.04. The van der Waals surface area contributed by atoms with Gasteiger partial charge in [0.05, 0.1) is 5.56 Å². The number of halogens is 4. The van der Waals surface area contributed by atoms with E-state index in [-0.39, 0.29) is 0 Å². The van der Waals surface area contributed by atoms with Crippen molar-refractivity contribution in [3.63, 3.8) is 0 Å². The van der Waals surface area contributed by atoms with E-state index in [9.17, 15) is 17.6 Å². The molecule has 0 fully saturated rings. The number of allylic oxidation sites excluding steroid dienone is 1. The SMILES string of the molecule is C=CCCc1ccc2cc(-c3ccc(-c4ccccc4-c4ccc(C(F)(F)F)c(F)c4)cc3)ccc2c1. The zero-order valence-corrected chi connectivity index (χ0v) is 20.0. The van der Waals surface area contributed by atoms with Gasteiger partial charge < -0.3 is 0 Å². The summed E-state index contributed by atoms with van der Waals surface area (Å²) in [7, 11) is 0. The molecule has 0 heterocycles. The molecule has 0 amide bonds. The molecular formula is C33H24F4. The van der Waals surface area contributed by atoms with Crippen LogP contribution in [0.5, 0.6) is 0 Å². The van der Waals surface area contributed by atoms with Gasteiger partial charge in [0.2, 0.25) is 0 Å². The normalized spacial score (nSPS) is 11.6. The molecule has 0 atom stereocenters. The minimum absolute atomic E-state index is 0.396. The summed E-state index contributed by atoms with van der Waals surface area (Å²) in [6.07, 6.45) is -0.873. The Kier molecular flexibility index (Phi) is 6.66. The van der Waals surface area contributed by atoms with E-state index in [1.54, 1.807) is 12.1 Å². The van der Waals surface area contributed by atoms with E-state index in [0.717, 1.165) is 47.2 Å². The van der Waals surface area contributed by atoms with Gasteiger partial charge in [0.25, 0.3) is 0 Å². The predicted molar refractivity (Wildman–Crippen MR) is 144 cm³/mol. The molecule has 0 spiro atoms. The summed E-state index contributed by atoms with van der Waals surface area (Å²) in [6.45, 7) is 3.79. The highest BCUT2D eigenvalue weighted by Crippen LogP contribution is 2.37. The number of hydrogen-bond donors (Lipinski definition) is 0. The van der Waals surface area contributed by atoms with Crippen LogP contribution >= 0.6 is 0 Å². The van der Waals surface area contributed by atoms with Gasteiger partial charge in [-0.2, -0.15) is 13.2 Å². The molecule has 5 aromatic carbocycles. The third kappa shape index (κ3) is 5.19. The Morgan fingerprint density at radius 1 is 0.622 bits per heavy atom. The molecule has 0 unspecified atom stereocenters. The van der Waals surface area contributed by atoms with Crippen LogP contribution in [-0.2, 0) is 12.6 Å². The molecule has 0 saturated carbocycles. The molecule has 184 valence electrons. The molecule has 5 aromatic rings. The van der Waals surface area contributed by atoms with Crippen LogP contribution in [0.15, 0.2) is 116 Å². The molecule has 0 aromatic heterocycles. The zero-order chi connectivity index (χ0) is 26.0. The van der Waals surface area contributed by atoms with Gasteiger partial charge in [0.15, 0.2) is 0 Å². The molecule has 0 aliphatic carbocycles. The minimum atomic E-state index is -4.73. The van der Waals surface area contributed by atoms with Gasteiger partial charge in [-0.05, 0) is 80.8 Å². The standard InChI is InChI=1S/C33H24F4/c1-2-3-6-22-9-10-27-20-26(16-15-25(27)19-22)23-11-13-24(14-12-23)29-7-4-5-8-30(29)28-17-18-31(32(34)21-28)33(35,36)37/h2,4-5,7-21H,1,3,6H2. The first-order valence-corrected chi connectivity index (χ1v) is 12.0. The van der Waals surface area contributed by atoms with Crippen molar-refractivity contribution in [3.05, 3.63) is 133 Å². The summed E-state index contributed by atoms with van der Waals surface area (Å²) in [5.41, 5.74) is 4.95. The first-order chi connectivity index (χ1) is 17.8. The number of aryl methyl sites for hydroxylation is 1. The quantitative estimate of drug-likeness (QED) is 0.162. The molecule has 0 saturated heterocycles. The second kappa shape index (κ2) is 10.1. The topological polar surface area (TPSA) is 0 Å². The van der Waals surface area contributed by atoms with Crippen LogP contribution in [0, 0.1) is 5.82 Å². The highest BCUT2D eigenvalue weighted by Gasteiger charge is 2.34. The van der Waals surface area contributed by atoms with Crippen LogP contribution in [0.3, 0.4) is 0 Å². The highest BCUT2D eigenvalue weighted by molar-refractivity contribution is 5.89. The van der Waals surface area contributed by atoms with Crippen molar-refractivity contribution in [2.45, 2.75) is 19.0 Å². The van der Waals surface area contributed by atoms with E-state index in [1.165, 1.54) is 22.4 Å². The summed E-state index contributed by atoms with van der Waals surface area (Å²) >= 11 is 0. The van der Waals surface area contributed by atoms with Gasteiger partial charge in [-0.15, -0.1) is 6.58 Å². The molecule has 0 aliphatic heterocycles. The third-order valence-electron chi connectivity index (χ3n) is 6.58. The lowest BCUT2D eigenvalue weighted by Crippen LogP contribution is -2.07. The molecule has 0 aliphatic rings. The van der Waals surface area contributed by atoms with Crippen LogP contribution in [0.2, 0.25) is 0 Å². The molecule has 4 heteroatoms. The summed E-state index contributed by atoms with van der Waals surface area (Å²) in [4.78, 5) is 0. The Bertz CT molecular complexity index is 1580. The van der Waals surface area contributed by atoms with E-state index < -0.39 is 17.6 Å². The van der Waals surface area contributed by atoms with Crippen molar-refractivity contribution in [3.8, 4) is 33.4 Å². The fraction of sp³-hybridized carbons (Fsp3) is 0.0909. The first-order valence-electron chi connectivity index (χ1n) is 12.0. The molecule has 0 N–H and O–H groups in total. The highest BCUT2D eigenvalue weighted by atomic mass is 19.4. The second-order valence-corrected chi connectivity index (χ2v) is 9.04. The van der Waals surface area contributed by atoms with E-state index in [1.807, 2.05) is 42.5 Å². The van der Waals surface area contributed by atoms with Crippen LogP contribution < -0.4 is 0 Å². The van der Waals surface area contributed by atoms with Crippen molar-refractivity contribution in [1.82, 2.24) is 0 Å². The predicted octanol–water partition coefficient (Wildman–Crippen LogP) is 10.1. The van der Waals surface area contributed by atoms with Crippen LogP contribution in [0.25, 0.3) is 44.2 Å². The molecule has 0 nitrogen and oxygen atoms in total. The summed E-state index contributed by atoms with van der Waals surface area (Å²) < 4.78 is 53.3. The van der Waals surface area contributed by atoms with E-state index >= 15 is 0 Å². The number of fused-ring (bicyclic) bond motifs is 1. The van der Waals surface area contributed by atoms with E-state index in [0.29, 0.717) is 11.1 Å². The first kappa shape index (κ1) is 24.5. The zero-order valence-electron chi connectivity index (χ0n) is 20.0. The van der Waals surface area contributed by atoms with Gasteiger partial charge >= 0.3 is 6.18 Å². The van der Waals surface area contributed by atoms with Gasteiger partial charge in [-0.25, -0.2) is 4.39 Å². The maximum Gasteiger partial charge on any atom is 0.419 e. The van der Waals surface area contributed by atoms with Gasteiger partial charge in [0, 0.05) is 0 Å². The van der Waals surface area contributed by atoms with Crippen LogP contribution in [0.4, 0.5) is 17.6 Å². The van der Waals surface area contributed by atoms with Gasteiger partial charge in [-0.1, -0.05) is 91.0 Å². The summed E-state index contributed by atoms with van der Waals surface area (Å²) in [5.74, 6) is -1.28. The maximum absolute atomic E-state index is 14.3. The number of alkyl halides is 3. The van der Waals surface area contributed by atoms with Crippen molar-refractivity contribution < 1.29 is 17.6 Å². The lowest BCUT2D eigenvalue weighted by Gasteiger charge is -2.13. The largest absolute Gasteiger partial charge is 0.419 e. The Hall–Kier alpha value is -4.18. The molecule has 37 heavy (non-hydrogen) atoms. The van der Waals surface area contributed by atoms with Crippen molar-refractivity contribution in [2.75, 3.05) is 0 Å². The molecule has 5 rings (SSSR count). The fourth-order valence-electron chi connectivity index (χ4n) is 4.64. The van der Waals surface area contributed by atoms with Crippen molar-refractivity contribution >= 4 is 10.8 Å². The average molecular weight is 497 g/mol. The Balaban J connectivity index is 1.45. The lowest BCUT2D eigenvalue weighted by atomic mass is 9.92. The number of rotatable bonds is 6. The van der Waals surface area contributed by atoms with Crippen LogP contribution in [-0.4, -0.2) is 0 Å². The lowest BCUT2D eigenvalue weighted by molar-refractivity contribution is -0.139. The average Bonchev–Trinajstić information content (AvgIpc) is 2.91. The van der Waals surface area contributed by atoms with Crippen LogP contribution in [0.1, 0.15) is 17.5 Å². The van der Waals surface area contributed by atoms with E-state index in [2.05, 4.69) is 43.0 Å². The summed E-state index contributed by atoms with van der Waals surface area (Å²) in [6, 6.07) is 31.3. The number of benzene rings is 5. The van der Waals surface area contributed by atoms with Gasteiger partial charge in [0.1, 0.15) is 5.82 Å². The van der Waals surface area contributed by atoms with Crippen molar-refractivity contribution in [2.24, 2.45) is 0 Å². The minimum Gasteiger partial charge on any atom is -0.206 e. The molecular weight excluding hydrogens is 472 g/mol. The summed E-state index contributed by atoms with van der Waals surface area (Å²) in [5, 5.41) is 2.36. The fourth-order valence-corrected chi connectivity index (χ4v) is 4.64. The van der Waals surface area contributed by atoms with Crippen molar-refractivity contribution in [1.29, 1.82) is 0 Å². The smallest absolute Gasteiger partial charge is 0.206 e.